The maximum Gasteiger partial charge on any atom is 0.0118 e. The monoisotopic (exact) mass is 239 g/mol. The quantitative estimate of drug-likeness (QED) is 0.594. The van der Waals surface area contributed by atoms with Gasteiger partial charge in [-0.05, 0) is 31.7 Å². The molecule has 1 aliphatic carbocycles. The fourth-order valence-corrected chi connectivity index (χ4v) is 3.50. The minimum Gasteiger partial charge on any atom is -0.316 e. The summed E-state index contributed by atoms with van der Waals surface area (Å²) in [5, 5.41) is 3.60. The summed E-state index contributed by atoms with van der Waals surface area (Å²) < 4.78 is 0. The molecule has 17 heavy (non-hydrogen) atoms. The first kappa shape index (κ1) is 15.0. The Labute approximate surface area is 109 Å². The van der Waals surface area contributed by atoms with Gasteiger partial charge in [-0.3, -0.25) is 0 Å². The number of hydrogen-bond acceptors (Lipinski definition) is 1. The lowest BCUT2D eigenvalue weighted by Gasteiger charge is -2.41. The van der Waals surface area contributed by atoms with E-state index in [2.05, 4.69) is 26.2 Å². The van der Waals surface area contributed by atoms with Crippen LogP contribution in [0.1, 0.15) is 84.5 Å². The van der Waals surface area contributed by atoms with Gasteiger partial charge in [0.1, 0.15) is 0 Å². The van der Waals surface area contributed by atoms with Gasteiger partial charge in [0.25, 0.3) is 0 Å². The van der Waals surface area contributed by atoms with Crippen LogP contribution in [0.2, 0.25) is 0 Å². The van der Waals surface area contributed by atoms with Gasteiger partial charge in [0.05, 0.1) is 0 Å². The molecule has 0 amide bonds. The molecule has 0 aliphatic heterocycles. The lowest BCUT2D eigenvalue weighted by atomic mass is 9.69. The average Bonchev–Trinajstić information content (AvgIpc) is 2.34. The first-order chi connectivity index (χ1) is 8.23. The molecule has 0 radical (unpaired) electrons. The third kappa shape index (κ3) is 4.99. The molecule has 1 atom stereocenters. The molecular weight excluding hydrogens is 206 g/mol. The molecule has 0 aromatic carbocycles. The van der Waals surface area contributed by atoms with E-state index in [-0.39, 0.29) is 0 Å². The molecule has 1 fully saturated rings. The van der Waals surface area contributed by atoms with Crippen LogP contribution in [0.3, 0.4) is 0 Å². The van der Waals surface area contributed by atoms with E-state index in [1.54, 1.807) is 0 Å². The molecule has 0 bridgehead atoms. The second kappa shape index (κ2) is 8.13. The minimum absolute atomic E-state index is 0.581. The lowest BCUT2D eigenvalue weighted by Crippen LogP contribution is -2.43. The summed E-state index contributed by atoms with van der Waals surface area (Å²) in [7, 11) is 2.16. The van der Waals surface area contributed by atoms with Crippen molar-refractivity contribution in [3.8, 4) is 0 Å². The highest BCUT2D eigenvalue weighted by Gasteiger charge is 2.33. The normalized spacial score (nSPS) is 21.4. The van der Waals surface area contributed by atoms with Gasteiger partial charge in [0, 0.05) is 6.04 Å². The van der Waals surface area contributed by atoms with Gasteiger partial charge in [0.2, 0.25) is 0 Å². The Hall–Kier alpha value is -0.0400. The molecule has 0 heterocycles. The molecule has 0 aromatic rings. The molecule has 1 nitrogen and oxygen atoms in total. The van der Waals surface area contributed by atoms with Crippen molar-refractivity contribution < 1.29 is 0 Å². The van der Waals surface area contributed by atoms with E-state index in [4.69, 9.17) is 0 Å². The van der Waals surface area contributed by atoms with Crippen LogP contribution in [0.5, 0.6) is 0 Å². The van der Waals surface area contributed by atoms with Crippen LogP contribution < -0.4 is 5.32 Å². The van der Waals surface area contributed by atoms with Crippen molar-refractivity contribution in [3.63, 3.8) is 0 Å². The van der Waals surface area contributed by atoms with E-state index in [1.807, 2.05) is 0 Å². The van der Waals surface area contributed by atoms with E-state index in [0.29, 0.717) is 5.41 Å². The van der Waals surface area contributed by atoms with Crippen molar-refractivity contribution in [1.82, 2.24) is 5.32 Å². The van der Waals surface area contributed by atoms with Crippen molar-refractivity contribution in [2.24, 2.45) is 5.41 Å². The predicted octanol–water partition coefficient (Wildman–Crippen LogP) is 4.91. The maximum atomic E-state index is 3.60. The number of nitrogens with one attached hydrogen (secondary N) is 1. The summed E-state index contributed by atoms with van der Waals surface area (Å²) in [6.07, 6.45) is 15.7. The molecule has 1 rings (SSSR count). The first-order valence-electron chi connectivity index (χ1n) is 7.90. The first-order valence-corrected chi connectivity index (χ1v) is 7.90. The van der Waals surface area contributed by atoms with Gasteiger partial charge in [-0.2, -0.15) is 0 Å². The van der Waals surface area contributed by atoms with Crippen LogP contribution >= 0.6 is 0 Å². The lowest BCUT2D eigenvalue weighted by molar-refractivity contribution is 0.141. The van der Waals surface area contributed by atoms with Gasteiger partial charge < -0.3 is 5.32 Å². The number of unbranched alkanes of at least 4 members (excludes halogenated alkanes) is 4. The van der Waals surface area contributed by atoms with E-state index in [9.17, 15) is 0 Å². The van der Waals surface area contributed by atoms with Crippen LogP contribution in [0, 0.1) is 5.41 Å². The highest BCUT2D eigenvalue weighted by Crippen LogP contribution is 2.40. The van der Waals surface area contributed by atoms with Gasteiger partial charge in [-0.15, -0.1) is 0 Å². The molecule has 0 saturated heterocycles. The van der Waals surface area contributed by atoms with E-state index >= 15 is 0 Å². The molecule has 1 unspecified atom stereocenters. The largest absolute Gasteiger partial charge is 0.316 e. The molecule has 1 N–H and O–H groups in total. The summed E-state index contributed by atoms with van der Waals surface area (Å²) in [4.78, 5) is 0. The third-order valence-electron chi connectivity index (χ3n) is 4.78. The van der Waals surface area contributed by atoms with Crippen LogP contribution in [-0.2, 0) is 0 Å². The fraction of sp³-hybridized carbons (Fsp3) is 1.00. The summed E-state index contributed by atoms with van der Waals surface area (Å²) in [5.41, 5.74) is 0.581. The standard InChI is InChI=1S/C16H33N/c1-4-5-6-7-9-12-15(17-3)16(2)13-10-8-11-14-16/h15,17H,4-14H2,1-3H3. The zero-order valence-electron chi connectivity index (χ0n) is 12.4. The second-order valence-corrected chi connectivity index (χ2v) is 6.26. The third-order valence-corrected chi connectivity index (χ3v) is 4.78. The Bertz CT molecular complexity index is 182. The highest BCUT2D eigenvalue weighted by atomic mass is 14.9. The van der Waals surface area contributed by atoms with Gasteiger partial charge in [0.15, 0.2) is 0 Å². The Morgan fingerprint density at radius 1 is 1.00 bits per heavy atom. The molecule has 1 heteroatoms. The zero-order valence-corrected chi connectivity index (χ0v) is 12.4. The number of hydrogen-bond donors (Lipinski definition) is 1. The summed E-state index contributed by atoms with van der Waals surface area (Å²) >= 11 is 0. The molecule has 1 saturated carbocycles. The van der Waals surface area contributed by atoms with Gasteiger partial charge in [-0.1, -0.05) is 65.2 Å². The molecular formula is C16H33N. The Kier molecular flexibility index (Phi) is 7.18. The second-order valence-electron chi connectivity index (χ2n) is 6.26. The zero-order chi connectivity index (χ0) is 12.6. The fourth-order valence-electron chi connectivity index (χ4n) is 3.50. The Morgan fingerprint density at radius 3 is 2.24 bits per heavy atom. The van der Waals surface area contributed by atoms with Gasteiger partial charge >= 0.3 is 0 Å². The van der Waals surface area contributed by atoms with Crippen LogP contribution in [0.25, 0.3) is 0 Å². The van der Waals surface area contributed by atoms with Crippen molar-refractivity contribution in [1.29, 1.82) is 0 Å². The molecule has 102 valence electrons. The summed E-state index contributed by atoms with van der Waals surface area (Å²) in [5.74, 6) is 0. The maximum absolute atomic E-state index is 3.60. The van der Waals surface area contributed by atoms with Crippen molar-refractivity contribution in [3.05, 3.63) is 0 Å². The van der Waals surface area contributed by atoms with E-state index in [1.165, 1.54) is 70.6 Å². The van der Waals surface area contributed by atoms with Crippen molar-refractivity contribution >= 4 is 0 Å². The topological polar surface area (TPSA) is 12.0 Å². The van der Waals surface area contributed by atoms with Crippen molar-refractivity contribution in [2.45, 2.75) is 90.5 Å². The molecule has 0 spiro atoms. The molecule has 1 aliphatic rings. The molecule has 0 aromatic heterocycles. The minimum atomic E-state index is 0.581. The smallest absolute Gasteiger partial charge is 0.0118 e. The van der Waals surface area contributed by atoms with Crippen LogP contribution in [-0.4, -0.2) is 13.1 Å². The Morgan fingerprint density at radius 2 is 1.65 bits per heavy atom. The highest BCUT2D eigenvalue weighted by molar-refractivity contribution is 4.89. The summed E-state index contributed by atoms with van der Waals surface area (Å²) in [6.45, 7) is 4.80. The van der Waals surface area contributed by atoms with E-state index < -0.39 is 0 Å². The van der Waals surface area contributed by atoms with Crippen LogP contribution in [0.4, 0.5) is 0 Å². The SMILES string of the molecule is CCCCCCCC(NC)C1(C)CCCCC1. The number of rotatable bonds is 8. The van der Waals surface area contributed by atoms with E-state index in [0.717, 1.165) is 6.04 Å². The average molecular weight is 239 g/mol. The summed E-state index contributed by atoms with van der Waals surface area (Å²) in [6, 6.07) is 0.754. The predicted molar refractivity (Wildman–Crippen MR) is 77.4 cm³/mol. The van der Waals surface area contributed by atoms with Gasteiger partial charge in [-0.25, -0.2) is 0 Å². The Balaban J connectivity index is 2.26. The van der Waals surface area contributed by atoms with Crippen LogP contribution in [0.15, 0.2) is 0 Å². The van der Waals surface area contributed by atoms with Crippen molar-refractivity contribution in [2.75, 3.05) is 7.05 Å².